The van der Waals surface area contributed by atoms with Crippen molar-refractivity contribution < 1.29 is 18.0 Å². The first-order valence-electron chi connectivity index (χ1n) is 10.0. The molecular formula is C21H20F3N5O3. The number of carbonyl (C=O) groups is 1. The number of halogens is 3. The van der Waals surface area contributed by atoms with Gasteiger partial charge in [-0.05, 0) is 30.7 Å². The minimum atomic E-state index is -4.45. The van der Waals surface area contributed by atoms with Crippen molar-refractivity contribution in [3.05, 3.63) is 69.0 Å². The molecule has 0 unspecified atom stereocenters. The lowest BCUT2D eigenvalue weighted by Crippen LogP contribution is -2.40. The number of H-pyrrole nitrogens is 1. The number of anilines is 1. The molecule has 0 saturated carbocycles. The average Bonchev–Trinajstić information content (AvgIpc) is 3.02. The van der Waals surface area contributed by atoms with E-state index in [2.05, 4.69) is 9.97 Å². The molecule has 1 aromatic carbocycles. The van der Waals surface area contributed by atoms with Crippen LogP contribution >= 0.6 is 0 Å². The third-order valence-corrected chi connectivity index (χ3v) is 5.45. The Morgan fingerprint density at radius 2 is 1.81 bits per heavy atom. The van der Waals surface area contributed by atoms with Gasteiger partial charge in [0.15, 0.2) is 0 Å². The Morgan fingerprint density at radius 3 is 2.53 bits per heavy atom. The summed E-state index contributed by atoms with van der Waals surface area (Å²) in [5.74, 6) is 0.127. The van der Waals surface area contributed by atoms with Crippen LogP contribution in [0.4, 0.5) is 19.0 Å². The quantitative estimate of drug-likeness (QED) is 0.662. The van der Waals surface area contributed by atoms with Crippen LogP contribution in [0.3, 0.4) is 0 Å². The second-order valence-electron chi connectivity index (χ2n) is 7.49. The van der Waals surface area contributed by atoms with Crippen molar-refractivity contribution >= 4 is 22.6 Å². The van der Waals surface area contributed by atoms with Gasteiger partial charge in [0.05, 0.1) is 16.5 Å². The highest BCUT2D eigenvalue weighted by atomic mass is 19.4. The number of nitrogens with one attached hydrogen (secondary N) is 1. The first-order valence-corrected chi connectivity index (χ1v) is 10.0. The fourth-order valence-corrected chi connectivity index (χ4v) is 3.77. The number of para-hydroxylation sites is 1. The number of fused-ring (bicyclic) bond motifs is 1. The van der Waals surface area contributed by atoms with Gasteiger partial charge < -0.3 is 9.80 Å². The largest absolute Gasteiger partial charge is 0.417 e. The summed E-state index contributed by atoms with van der Waals surface area (Å²) in [5, 5.41) is 0.315. The zero-order valence-corrected chi connectivity index (χ0v) is 16.9. The SMILES string of the molecule is O=C(Cn1c(=O)[nH]c(=O)c2ccccc21)N1CCCN(c2ccc(C(F)(F)F)cn2)CC1. The molecule has 3 heterocycles. The maximum Gasteiger partial charge on any atom is 0.417 e. The van der Waals surface area contributed by atoms with Gasteiger partial charge >= 0.3 is 11.9 Å². The van der Waals surface area contributed by atoms with E-state index in [0.717, 1.165) is 12.3 Å². The van der Waals surface area contributed by atoms with Crippen molar-refractivity contribution in [2.45, 2.75) is 19.1 Å². The molecule has 0 spiro atoms. The Labute approximate surface area is 179 Å². The normalized spacial score (nSPS) is 15.1. The van der Waals surface area contributed by atoms with Crippen LogP contribution in [0.2, 0.25) is 0 Å². The van der Waals surface area contributed by atoms with Gasteiger partial charge in [-0.15, -0.1) is 0 Å². The maximum atomic E-state index is 12.9. The highest BCUT2D eigenvalue weighted by Gasteiger charge is 2.31. The number of rotatable bonds is 3. The van der Waals surface area contributed by atoms with Gasteiger partial charge in [0, 0.05) is 32.4 Å². The third kappa shape index (κ3) is 4.36. The van der Waals surface area contributed by atoms with Crippen molar-refractivity contribution in [1.29, 1.82) is 0 Å². The van der Waals surface area contributed by atoms with Crippen LogP contribution in [-0.2, 0) is 17.5 Å². The van der Waals surface area contributed by atoms with E-state index in [0.29, 0.717) is 49.3 Å². The van der Waals surface area contributed by atoms with E-state index in [4.69, 9.17) is 0 Å². The summed E-state index contributed by atoms with van der Waals surface area (Å²) in [7, 11) is 0. The maximum absolute atomic E-state index is 12.9. The van der Waals surface area contributed by atoms with Crippen molar-refractivity contribution in [3.63, 3.8) is 0 Å². The smallest absolute Gasteiger partial charge is 0.355 e. The van der Waals surface area contributed by atoms with Crippen LogP contribution in [-0.4, -0.2) is 51.5 Å². The molecule has 168 valence electrons. The molecule has 0 radical (unpaired) electrons. The summed E-state index contributed by atoms with van der Waals surface area (Å²) < 4.78 is 39.5. The molecule has 1 amide bonds. The van der Waals surface area contributed by atoms with E-state index in [1.807, 2.05) is 4.90 Å². The third-order valence-electron chi connectivity index (χ3n) is 5.45. The van der Waals surface area contributed by atoms with Gasteiger partial charge in [0.1, 0.15) is 12.4 Å². The van der Waals surface area contributed by atoms with Crippen molar-refractivity contribution in [2.75, 3.05) is 31.1 Å². The fraction of sp³-hybridized carbons (Fsp3) is 0.333. The molecule has 4 rings (SSSR count). The number of pyridine rings is 1. The molecule has 8 nitrogen and oxygen atoms in total. The van der Waals surface area contributed by atoms with Crippen LogP contribution in [0.25, 0.3) is 10.9 Å². The lowest BCUT2D eigenvalue weighted by molar-refractivity contribution is -0.137. The summed E-state index contributed by atoms with van der Waals surface area (Å²) in [6, 6.07) is 8.86. The summed E-state index contributed by atoms with van der Waals surface area (Å²) >= 11 is 0. The highest BCUT2D eigenvalue weighted by Crippen LogP contribution is 2.29. The summed E-state index contributed by atoms with van der Waals surface area (Å²) in [6.07, 6.45) is -3.05. The van der Waals surface area contributed by atoms with Gasteiger partial charge in [0.25, 0.3) is 5.56 Å². The van der Waals surface area contributed by atoms with Gasteiger partial charge in [-0.3, -0.25) is 19.1 Å². The number of benzene rings is 1. The van der Waals surface area contributed by atoms with E-state index >= 15 is 0 Å². The number of alkyl halides is 3. The first-order chi connectivity index (χ1) is 15.2. The Hall–Kier alpha value is -3.63. The first kappa shape index (κ1) is 21.6. The minimum Gasteiger partial charge on any atom is -0.355 e. The Balaban J connectivity index is 1.47. The molecule has 0 aliphatic carbocycles. The van der Waals surface area contributed by atoms with Crippen LogP contribution < -0.4 is 16.1 Å². The molecule has 1 saturated heterocycles. The van der Waals surface area contributed by atoms with Crippen LogP contribution in [0.5, 0.6) is 0 Å². The number of hydrogen-bond donors (Lipinski definition) is 1. The molecule has 2 aromatic heterocycles. The van der Waals surface area contributed by atoms with Crippen molar-refractivity contribution in [3.8, 4) is 0 Å². The number of amides is 1. The second-order valence-corrected chi connectivity index (χ2v) is 7.49. The molecule has 0 atom stereocenters. The molecule has 1 aliphatic rings. The predicted molar refractivity (Wildman–Crippen MR) is 111 cm³/mol. The van der Waals surface area contributed by atoms with E-state index in [1.54, 1.807) is 29.2 Å². The Morgan fingerprint density at radius 1 is 1.03 bits per heavy atom. The van der Waals surface area contributed by atoms with E-state index in [-0.39, 0.29) is 12.5 Å². The van der Waals surface area contributed by atoms with Crippen molar-refractivity contribution in [1.82, 2.24) is 19.4 Å². The fourth-order valence-electron chi connectivity index (χ4n) is 3.77. The average molecular weight is 447 g/mol. The lowest BCUT2D eigenvalue weighted by Gasteiger charge is -2.23. The van der Waals surface area contributed by atoms with E-state index in [9.17, 15) is 27.6 Å². The molecule has 1 aliphatic heterocycles. The summed E-state index contributed by atoms with van der Waals surface area (Å²) in [5.41, 5.74) is -1.61. The molecule has 11 heteroatoms. The van der Waals surface area contributed by atoms with Gasteiger partial charge in [-0.1, -0.05) is 12.1 Å². The lowest BCUT2D eigenvalue weighted by atomic mass is 10.2. The molecule has 1 N–H and O–H groups in total. The van der Waals surface area contributed by atoms with E-state index in [1.165, 1.54) is 10.6 Å². The summed E-state index contributed by atoms with van der Waals surface area (Å²) in [6.45, 7) is 1.47. The molecule has 3 aromatic rings. The Bertz CT molecular complexity index is 1250. The van der Waals surface area contributed by atoms with Crippen LogP contribution in [0.15, 0.2) is 52.2 Å². The van der Waals surface area contributed by atoms with Gasteiger partial charge in [-0.2, -0.15) is 13.2 Å². The number of carbonyl (C=O) groups excluding carboxylic acids is 1. The molecular weight excluding hydrogens is 427 g/mol. The Kier molecular flexibility index (Phi) is 5.72. The highest BCUT2D eigenvalue weighted by molar-refractivity contribution is 5.81. The zero-order valence-electron chi connectivity index (χ0n) is 16.9. The zero-order chi connectivity index (χ0) is 22.9. The van der Waals surface area contributed by atoms with Gasteiger partial charge in [-0.25, -0.2) is 9.78 Å². The number of aromatic amines is 1. The van der Waals surface area contributed by atoms with Crippen molar-refractivity contribution in [2.24, 2.45) is 0 Å². The van der Waals surface area contributed by atoms with Crippen LogP contribution in [0.1, 0.15) is 12.0 Å². The van der Waals surface area contributed by atoms with E-state index < -0.39 is 23.0 Å². The monoisotopic (exact) mass is 447 g/mol. The number of hydrogen-bond acceptors (Lipinski definition) is 5. The standard InChI is InChI=1S/C21H20F3N5O3/c22-21(23,24)14-6-7-17(25-12-14)27-8-3-9-28(11-10-27)18(30)13-29-16-5-2-1-4-15(16)19(31)26-20(29)32/h1-2,4-7,12H,3,8-11,13H2,(H,26,31,32). The second kappa shape index (κ2) is 8.48. The summed E-state index contributed by atoms with van der Waals surface area (Å²) in [4.78, 5) is 46.8. The molecule has 32 heavy (non-hydrogen) atoms. The number of nitrogens with zero attached hydrogens (tertiary/aromatic N) is 4. The molecule has 1 fully saturated rings. The molecule has 0 bridgehead atoms. The van der Waals surface area contributed by atoms with Gasteiger partial charge in [0.2, 0.25) is 5.91 Å². The predicted octanol–water partition coefficient (Wildman–Crippen LogP) is 1.84. The van der Waals surface area contributed by atoms with Crippen LogP contribution in [0, 0.1) is 0 Å². The number of aromatic nitrogens is 3. The topological polar surface area (TPSA) is 91.3 Å². The minimum absolute atomic E-state index is 0.228.